The van der Waals surface area contributed by atoms with Gasteiger partial charge in [0.05, 0.1) is 53.1 Å². The van der Waals surface area contributed by atoms with Crippen LogP contribution in [0.15, 0.2) is 30.5 Å². The number of amides is 2. The Morgan fingerprint density at radius 3 is 2.42 bits per heavy atom. The van der Waals surface area contributed by atoms with Gasteiger partial charge in [0.1, 0.15) is 35.6 Å². The third kappa shape index (κ3) is 7.80. The van der Waals surface area contributed by atoms with E-state index in [1.165, 1.54) is 37.1 Å². The molecule has 7 atom stereocenters. The van der Waals surface area contributed by atoms with Crippen LogP contribution in [0.4, 0.5) is 0 Å². The lowest BCUT2D eigenvalue weighted by atomic mass is 9.72. The number of carbonyl (C=O) groups is 6. The number of nitrogens with one attached hydrogen (secondary N) is 1. The first-order chi connectivity index (χ1) is 28.5. The zero-order valence-electron chi connectivity index (χ0n) is 33.0. The Hall–Kier alpha value is -4.85. The second-order valence-corrected chi connectivity index (χ2v) is 17.4. The van der Waals surface area contributed by atoms with Crippen molar-refractivity contribution in [2.24, 2.45) is 11.8 Å². The summed E-state index contributed by atoms with van der Waals surface area (Å²) in [7, 11) is 1.31. The SMILES string of the molecule is C=C1C(SCC(=O)O)CC(=O)N1CC1CCC(C(=O)NC2CC(O[C@H]3C[C@](O)(C(=O)CO)Cc4c(O)c5c(c(O)c43)C(=O)c3c(OC)cccc3C5=O)OC(C)C2O)CC1. The summed E-state index contributed by atoms with van der Waals surface area (Å²) >= 11 is 1.17. The minimum Gasteiger partial charge on any atom is -0.507 e. The molecule has 0 aromatic heterocycles. The lowest BCUT2D eigenvalue weighted by Crippen LogP contribution is -2.56. The third-order valence-corrected chi connectivity index (χ3v) is 13.8. The minimum atomic E-state index is -2.35. The molecule has 0 spiro atoms. The number of fused-ring (bicyclic) bond motifs is 3. The molecule has 5 aliphatic rings. The summed E-state index contributed by atoms with van der Waals surface area (Å²) in [5.74, 6) is -5.90. The van der Waals surface area contributed by atoms with Crippen LogP contribution in [0.1, 0.15) is 101 Å². The summed E-state index contributed by atoms with van der Waals surface area (Å²) in [6.07, 6.45) is -3.66. The number of aliphatic hydroxyl groups excluding tert-OH is 2. The Bertz CT molecular complexity index is 2150. The van der Waals surface area contributed by atoms with Crippen molar-refractivity contribution in [2.75, 3.05) is 26.0 Å². The molecule has 5 unspecified atom stereocenters. The summed E-state index contributed by atoms with van der Waals surface area (Å²) in [6.45, 7) is 4.94. The summed E-state index contributed by atoms with van der Waals surface area (Å²) in [5, 5.41) is 67.7. The molecule has 2 aliphatic heterocycles. The highest BCUT2D eigenvalue weighted by atomic mass is 32.2. The van der Waals surface area contributed by atoms with E-state index in [4.69, 9.17) is 19.3 Å². The average Bonchev–Trinajstić information content (AvgIpc) is 3.48. The fourth-order valence-electron chi connectivity index (χ4n) is 9.29. The molecule has 3 fully saturated rings. The van der Waals surface area contributed by atoms with E-state index >= 15 is 0 Å². The number of phenolic OH excluding ortho intramolecular Hbond substituents is 2. The van der Waals surface area contributed by atoms with Crippen molar-refractivity contribution < 1.29 is 73.6 Å². The molecule has 2 amide bonds. The average molecular weight is 853 g/mol. The van der Waals surface area contributed by atoms with E-state index in [0.29, 0.717) is 37.9 Å². The molecule has 322 valence electrons. The number of benzene rings is 2. The standard InChI is InChI=1S/C42H48N2O15S/c1-18-27(60-17-30(48)49)12-29(47)44(18)15-20-7-9-21(10-8-20)41(55)43-24-11-31(58-19(2)36(24)50)59-26-14-42(56,28(46)16-45)13-23-33(26)40(54)35-34(38(23)52)37(51)22-5-4-6-25(57-3)32(22)39(35)53/h4-6,19-21,24,26-27,31,36,45,50,52,54,56H,1,7-17H2,2-3H3,(H,43,55)(H,48,49)/t19?,20?,21?,24?,26-,27?,31?,36?,42-/m0/s1. The highest BCUT2D eigenvalue weighted by molar-refractivity contribution is 8.00. The zero-order chi connectivity index (χ0) is 43.4. The Morgan fingerprint density at radius 1 is 1.05 bits per heavy atom. The van der Waals surface area contributed by atoms with E-state index in [-0.39, 0.29) is 69.6 Å². The number of thioether (sulfide) groups is 1. The van der Waals surface area contributed by atoms with E-state index in [1.807, 2.05) is 0 Å². The van der Waals surface area contributed by atoms with Gasteiger partial charge in [-0.3, -0.25) is 28.8 Å². The van der Waals surface area contributed by atoms with Gasteiger partial charge in [-0.05, 0) is 44.6 Å². The van der Waals surface area contributed by atoms with Crippen LogP contribution >= 0.6 is 11.8 Å². The van der Waals surface area contributed by atoms with Gasteiger partial charge in [-0.15, -0.1) is 11.8 Å². The molecular formula is C42H48N2O15S. The minimum absolute atomic E-state index is 0.0571. The fourth-order valence-corrected chi connectivity index (χ4v) is 10.2. The monoisotopic (exact) mass is 852 g/mol. The summed E-state index contributed by atoms with van der Waals surface area (Å²) in [4.78, 5) is 79.8. The number of aromatic hydroxyl groups is 2. The smallest absolute Gasteiger partial charge is 0.313 e. The van der Waals surface area contributed by atoms with E-state index in [9.17, 15) is 54.3 Å². The van der Waals surface area contributed by atoms with Gasteiger partial charge in [-0.25, -0.2) is 0 Å². The van der Waals surface area contributed by atoms with Gasteiger partial charge in [-0.1, -0.05) is 18.7 Å². The first-order valence-electron chi connectivity index (χ1n) is 19.8. The predicted molar refractivity (Wildman–Crippen MR) is 211 cm³/mol. The molecule has 60 heavy (non-hydrogen) atoms. The number of methoxy groups -OCH3 is 1. The number of aliphatic carboxylic acids is 1. The van der Waals surface area contributed by atoms with Gasteiger partial charge < -0.3 is 55.1 Å². The number of carbonyl (C=O) groups excluding carboxylic acids is 5. The van der Waals surface area contributed by atoms with Crippen molar-refractivity contribution in [3.63, 3.8) is 0 Å². The molecule has 17 nitrogen and oxygen atoms in total. The van der Waals surface area contributed by atoms with Gasteiger partial charge in [0.25, 0.3) is 0 Å². The second kappa shape index (κ2) is 16.9. The zero-order valence-corrected chi connectivity index (χ0v) is 33.9. The van der Waals surface area contributed by atoms with E-state index < -0.39 is 108 Å². The maximum Gasteiger partial charge on any atom is 0.313 e. The number of likely N-dealkylation sites (tertiary alicyclic amines) is 1. The number of hydrogen-bond donors (Lipinski definition) is 7. The molecule has 2 aromatic rings. The van der Waals surface area contributed by atoms with Crippen molar-refractivity contribution in [1.29, 1.82) is 0 Å². The van der Waals surface area contributed by atoms with Gasteiger partial charge in [0.15, 0.2) is 17.9 Å². The van der Waals surface area contributed by atoms with Crippen LogP contribution in [0, 0.1) is 11.8 Å². The van der Waals surface area contributed by atoms with E-state index in [2.05, 4.69) is 11.9 Å². The van der Waals surface area contributed by atoms with Gasteiger partial charge in [0, 0.05) is 60.5 Å². The van der Waals surface area contributed by atoms with E-state index in [1.54, 1.807) is 11.8 Å². The fraction of sp³-hybridized carbons (Fsp3) is 0.524. The number of aliphatic hydroxyl groups is 3. The molecule has 3 aliphatic carbocycles. The van der Waals surface area contributed by atoms with Gasteiger partial charge in [-0.2, -0.15) is 0 Å². The number of carboxylic acids is 1. The van der Waals surface area contributed by atoms with Crippen LogP contribution in [0.3, 0.4) is 0 Å². The third-order valence-electron chi connectivity index (χ3n) is 12.5. The first-order valence-corrected chi connectivity index (χ1v) is 20.9. The summed E-state index contributed by atoms with van der Waals surface area (Å²) in [6, 6.07) is 3.41. The highest BCUT2D eigenvalue weighted by Crippen LogP contribution is 2.52. The molecule has 1 saturated carbocycles. The van der Waals surface area contributed by atoms with Crippen LogP contribution in [-0.2, 0) is 35.1 Å². The van der Waals surface area contributed by atoms with Crippen LogP contribution in [-0.4, -0.2) is 132 Å². The maximum atomic E-state index is 14.0. The maximum absolute atomic E-state index is 14.0. The van der Waals surface area contributed by atoms with Crippen molar-refractivity contribution >= 4 is 46.9 Å². The van der Waals surface area contributed by atoms with Crippen LogP contribution in [0.2, 0.25) is 0 Å². The Balaban J connectivity index is 1.07. The Labute approximate surface area is 348 Å². The van der Waals surface area contributed by atoms with Crippen molar-refractivity contribution in [1.82, 2.24) is 10.2 Å². The topological polar surface area (TPSA) is 267 Å². The number of phenols is 2. The molecule has 18 heteroatoms. The van der Waals surface area contributed by atoms with Crippen molar-refractivity contribution in [3.05, 3.63) is 63.9 Å². The Kier molecular flexibility index (Phi) is 12.2. The van der Waals surface area contributed by atoms with Gasteiger partial charge in [0.2, 0.25) is 17.6 Å². The number of carboxylic acid groups (broad SMARTS) is 1. The lowest BCUT2D eigenvalue weighted by Gasteiger charge is -2.43. The normalized spacial score (nSPS) is 30.1. The first kappa shape index (κ1) is 43.2. The van der Waals surface area contributed by atoms with E-state index in [0.717, 1.165) is 0 Å². The molecule has 0 bridgehead atoms. The summed E-state index contributed by atoms with van der Waals surface area (Å²) < 4.78 is 17.6. The molecular weight excluding hydrogens is 805 g/mol. The van der Waals surface area contributed by atoms with Crippen LogP contribution in [0.5, 0.6) is 17.2 Å². The van der Waals surface area contributed by atoms with Crippen molar-refractivity contribution in [3.8, 4) is 17.2 Å². The van der Waals surface area contributed by atoms with Crippen molar-refractivity contribution in [2.45, 2.75) is 99.8 Å². The lowest BCUT2D eigenvalue weighted by molar-refractivity contribution is -0.249. The number of rotatable bonds is 12. The molecule has 7 rings (SSSR count). The molecule has 2 saturated heterocycles. The quantitative estimate of drug-likeness (QED) is 0.128. The molecule has 2 heterocycles. The molecule has 7 N–H and O–H groups in total. The molecule has 0 radical (unpaired) electrons. The number of ether oxygens (including phenoxy) is 3. The number of ketones is 3. The number of nitrogens with zero attached hydrogens (tertiary/aromatic N) is 1. The summed E-state index contributed by atoms with van der Waals surface area (Å²) in [5.41, 5.74) is -3.48. The van der Waals surface area contributed by atoms with Crippen LogP contribution in [0.25, 0.3) is 0 Å². The molecule has 2 aromatic carbocycles. The van der Waals surface area contributed by atoms with Crippen LogP contribution < -0.4 is 10.1 Å². The highest BCUT2D eigenvalue weighted by Gasteiger charge is 2.50. The number of Topliss-reactive ketones (excluding diaryl/α,β-unsaturated/α-hetero) is 1. The second-order valence-electron chi connectivity index (χ2n) is 16.2. The largest absolute Gasteiger partial charge is 0.507 e. The predicted octanol–water partition coefficient (Wildman–Crippen LogP) is 1.90. The number of hydrogen-bond acceptors (Lipinski definition) is 15. The Morgan fingerprint density at radius 2 is 1.75 bits per heavy atom. The van der Waals surface area contributed by atoms with Gasteiger partial charge >= 0.3 is 5.97 Å².